The smallest absolute Gasteiger partial charge is 0.348 e. The third-order valence-corrected chi connectivity index (χ3v) is 7.81. The third kappa shape index (κ3) is 5.34. The average molecular weight is 556 g/mol. The minimum Gasteiger partial charge on any atom is -0.477 e. The number of aryl methyl sites for hydroxylation is 1. The molecule has 1 fully saturated rings. The number of carboxylic acid groups (broad SMARTS) is 1. The first-order valence-corrected chi connectivity index (χ1v) is 12.8. The second kappa shape index (κ2) is 11.1. The van der Waals surface area contributed by atoms with Gasteiger partial charge < -0.3 is 25.0 Å². The summed E-state index contributed by atoms with van der Waals surface area (Å²) in [6.45, 7) is 4.99. The summed E-state index contributed by atoms with van der Waals surface area (Å²) >= 11 is 13.3. The number of hydrogen-bond donors (Lipinski definition) is 3. The molecular formula is C23H24Cl2FN5O4S. The molecule has 3 N–H and O–H groups in total. The van der Waals surface area contributed by atoms with Gasteiger partial charge in [-0.25, -0.2) is 14.2 Å². The number of pyridine rings is 1. The Morgan fingerprint density at radius 1 is 1.36 bits per heavy atom. The van der Waals surface area contributed by atoms with Gasteiger partial charge in [0, 0.05) is 31.6 Å². The number of carbonyl (C=O) groups is 2. The number of halogens is 3. The second-order valence-electron chi connectivity index (χ2n) is 8.29. The number of aromatic amines is 1. The molecule has 0 aromatic carbocycles. The van der Waals surface area contributed by atoms with E-state index in [4.69, 9.17) is 27.9 Å². The molecule has 36 heavy (non-hydrogen) atoms. The largest absolute Gasteiger partial charge is 0.477 e. The number of aromatic nitrogens is 3. The van der Waals surface area contributed by atoms with E-state index >= 15 is 0 Å². The van der Waals surface area contributed by atoms with E-state index < -0.39 is 23.8 Å². The second-order valence-corrected chi connectivity index (χ2v) is 10.0. The summed E-state index contributed by atoms with van der Waals surface area (Å²) in [6.07, 6.45) is 2.26. The van der Waals surface area contributed by atoms with Crippen LogP contribution in [0.2, 0.25) is 10.0 Å². The number of amides is 1. The lowest BCUT2D eigenvalue weighted by atomic mass is 10.0. The number of carbonyl (C=O) groups excluding carboxylic acids is 1. The number of piperidine rings is 1. The van der Waals surface area contributed by atoms with Crippen LogP contribution in [-0.4, -0.2) is 63.8 Å². The number of H-pyrrole nitrogens is 1. The summed E-state index contributed by atoms with van der Waals surface area (Å²) in [6, 6.07) is 2.31. The highest BCUT2D eigenvalue weighted by molar-refractivity contribution is 7.17. The predicted octanol–water partition coefficient (Wildman–Crippen LogP) is 4.79. The lowest BCUT2D eigenvalue weighted by molar-refractivity contribution is 0.0205. The zero-order valence-corrected chi connectivity index (χ0v) is 21.8. The van der Waals surface area contributed by atoms with E-state index in [1.54, 1.807) is 6.92 Å². The molecule has 13 heteroatoms. The normalized spacial score (nSPS) is 17.9. The summed E-state index contributed by atoms with van der Waals surface area (Å²) in [5.74, 6) is -2.26. The van der Waals surface area contributed by atoms with Crippen molar-refractivity contribution in [2.45, 2.75) is 38.8 Å². The van der Waals surface area contributed by atoms with Crippen LogP contribution in [0.1, 0.15) is 45.6 Å². The highest BCUT2D eigenvalue weighted by Gasteiger charge is 2.34. The van der Waals surface area contributed by atoms with Gasteiger partial charge >= 0.3 is 5.97 Å². The van der Waals surface area contributed by atoms with Gasteiger partial charge in [-0.2, -0.15) is 0 Å². The number of nitrogens with zero attached hydrogens (tertiary/aromatic N) is 3. The standard InChI is InChI=1S/C23H24Cl2FN5O4S/c1-3-9-35-14-10-31(8-6-13(14)29-21(32)18-16(25)15(24)11(2)28-18)23-30-19(20(36-23)22(33)34)17-12(26)5-4-7-27-17/h4-5,7,13-14,28H,3,6,8-10H2,1-2H3,(H,29,32)(H,33,34)/t13-,14+/m1/s1. The van der Waals surface area contributed by atoms with Crippen LogP contribution >= 0.6 is 34.5 Å². The summed E-state index contributed by atoms with van der Waals surface area (Å²) in [4.78, 5) is 37.9. The van der Waals surface area contributed by atoms with E-state index in [9.17, 15) is 19.1 Å². The molecule has 0 unspecified atom stereocenters. The van der Waals surface area contributed by atoms with Gasteiger partial charge in [-0.05, 0) is 31.9 Å². The molecule has 0 aliphatic carbocycles. The Balaban J connectivity index is 1.56. The zero-order chi connectivity index (χ0) is 26.0. The zero-order valence-electron chi connectivity index (χ0n) is 19.5. The molecule has 2 atom stereocenters. The van der Waals surface area contributed by atoms with Crippen LogP contribution in [0.25, 0.3) is 11.4 Å². The first-order valence-electron chi connectivity index (χ1n) is 11.3. The van der Waals surface area contributed by atoms with Gasteiger partial charge in [-0.15, -0.1) is 0 Å². The molecule has 9 nitrogen and oxygen atoms in total. The van der Waals surface area contributed by atoms with E-state index in [-0.39, 0.29) is 33.0 Å². The van der Waals surface area contributed by atoms with Crippen molar-refractivity contribution in [3.63, 3.8) is 0 Å². The van der Waals surface area contributed by atoms with Crippen molar-refractivity contribution in [2.75, 3.05) is 24.6 Å². The third-order valence-electron chi connectivity index (χ3n) is 5.76. The van der Waals surface area contributed by atoms with Crippen molar-refractivity contribution in [2.24, 2.45) is 0 Å². The summed E-state index contributed by atoms with van der Waals surface area (Å²) < 4.78 is 20.4. The van der Waals surface area contributed by atoms with Crippen molar-refractivity contribution in [1.82, 2.24) is 20.3 Å². The Bertz CT molecular complexity index is 1280. The highest BCUT2D eigenvalue weighted by atomic mass is 35.5. The number of carboxylic acids is 1. The molecule has 192 valence electrons. The van der Waals surface area contributed by atoms with Gasteiger partial charge in [-0.1, -0.05) is 41.5 Å². The van der Waals surface area contributed by atoms with E-state index in [2.05, 4.69) is 20.3 Å². The lowest BCUT2D eigenvalue weighted by Gasteiger charge is -2.38. The van der Waals surface area contributed by atoms with Gasteiger partial charge in [-0.3, -0.25) is 9.78 Å². The van der Waals surface area contributed by atoms with Crippen molar-refractivity contribution < 1.29 is 23.8 Å². The van der Waals surface area contributed by atoms with Gasteiger partial charge in [0.1, 0.15) is 22.0 Å². The number of anilines is 1. The van der Waals surface area contributed by atoms with Crippen molar-refractivity contribution in [1.29, 1.82) is 0 Å². The Hall–Kier alpha value is -2.73. The van der Waals surface area contributed by atoms with Crippen LogP contribution in [-0.2, 0) is 4.74 Å². The van der Waals surface area contributed by atoms with Crippen LogP contribution in [0.3, 0.4) is 0 Å². The van der Waals surface area contributed by atoms with Crippen molar-refractivity contribution in [3.8, 4) is 11.4 Å². The van der Waals surface area contributed by atoms with Crippen LogP contribution < -0.4 is 10.2 Å². The maximum Gasteiger partial charge on any atom is 0.348 e. The molecule has 0 radical (unpaired) electrons. The Morgan fingerprint density at radius 2 is 2.14 bits per heavy atom. The van der Waals surface area contributed by atoms with Crippen LogP contribution in [0.4, 0.5) is 9.52 Å². The molecule has 0 saturated carbocycles. The molecular weight excluding hydrogens is 532 g/mol. The maximum absolute atomic E-state index is 14.4. The number of ether oxygens (including phenoxy) is 1. The van der Waals surface area contributed by atoms with Crippen molar-refractivity contribution >= 4 is 51.5 Å². The fourth-order valence-electron chi connectivity index (χ4n) is 3.97. The first kappa shape index (κ1) is 26.3. The van der Waals surface area contributed by atoms with Gasteiger partial charge in [0.25, 0.3) is 5.91 Å². The molecule has 3 aromatic rings. The monoisotopic (exact) mass is 555 g/mol. The number of nitrogens with one attached hydrogen (secondary N) is 2. The first-order chi connectivity index (χ1) is 17.2. The Morgan fingerprint density at radius 3 is 2.78 bits per heavy atom. The van der Waals surface area contributed by atoms with Gasteiger partial charge in [0.15, 0.2) is 10.9 Å². The molecule has 1 amide bonds. The number of hydrogen-bond acceptors (Lipinski definition) is 7. The Kier molecular flexibility index (Phi) is 8.13. The van der Waals surface area contributed by atoms with Gasteiger partial charge in [0.05, 0.1) is 22.2 Å². The number of aromatic carboxylic acids is 1. The summed E-state index contributed by atoms with van der Waals surface area (Å²) in [5, 5.41) is 13.6. The predicted molar refractivity (Wildman–Crippen MR) is 136 cm³/mol. The molecule has 1 aliphatic heterocycles. The molecule has 4 rings (SSSR count). The van der Waals surface area contributed by atoms with Crippen LogP contribution in [0.15, 0.2) is 18.3 Å². The van der Waals surface area contributed by atoms with E-state index in [0.717, 1.165) is 17.8 Å². The molecule has 3 aromatic heterocycles. The van der Waals surface area contributed by atoms with Gasteiger partial charge in [0.2, 0.25) is 0 Å². The number of thiazole rings is 1. The topological polar surface area (TPSA) is 120 Å². The fourth-order valence-corrected chi connectivity index (χ4v) is 5.33. The highest BCUT2D eigenvalue weighted by Crippen LogP contribution is 2.35. The molecule has 0 bridgehead atoms. The van der Waals surface area contributed by atoms with E-state index in [0.29, 0.717) is 42.0 Å². The quantitative estimate of drug-likeness (QED) is 0.365. The van der Waals surface area contributed by atoms with E-state index in [1.807, 2.05) is 11.8 Å². The number of rotatable bonds is 8. The summed E-state index contributed by atoms with van der Waals surface area (Å²) in [7, 11) is 0. The fraction of sp³-hybridized carbons (Fsp3) is 0.391. The molecule has 4 heterocycles. The minimum absolute atomic E-state index is 0.0179. The van der Waals surface area contributed by atoms with Crippen LogP contribution in [0, 0.1) is 12.7 Å². The van der Waals surface area contributed by atoms with Crippen molar-refractivity contribution in [3.05, 3.63) is 50.5 Å². The summed E-state index contributed by atoms with van der Waals surface area (Å²) in [5.41, 5.74) is 0.647. The minimum atomic E-state index is -1.21. The molecule has 1 aliphatic rings. The van der Waals surface area contributed by atoms with Crippen LogP contribution in [0.5, 0.6) is 0 Å². The maximum atomic E-state index is 14.4. The lowest BCUT2D eigenvalue weighted by Crippen LogP contribution is -2.55. The molecule has 1 saturated heterocycles. The Labute approximate surface area is 220 Å². The van der Waals surface area contributed by atoms with E-state index in [1.165, 1.54) is 18.3 Å². The SMILES string of the molecule is CCCO[C@H]1CN(c2nc(-c3ncccc3F)c(C(=O)O)s2)CC[C@H]1NC(=O)c1[nH]c(C)c(Cl)c1Cl. The average Bonchev–Trinajstić information content (AvgIpc) is 3.41. The molecule has 0 spiro atoms.